The summed E-state index contributed by atoms with van der Waals surface area (Å²) in [5, 5.41) is 3.32. The summed E-state index contributed by atoms with van der Waals surface area (Å²) < 4.78 is 24.0. The Labute approximate surface area is 78.3 Å². The summed E-state index contributed by atoms with van der Waals surface area (Å²) in [6.45, 7) is 3.80. The first-order valence-corrected chi connectivity index (χ1v) is 4.79. The van der Waals surface area contributed by atoms with Gasteiger partial charge in [0.05, 0.1) is 6.54 Å². The van der Waals surface area contributed by atoms with Crippen LogP contribution in [0, 0.1) is 5.92 Å². The van der Waals surface area contributed by atoms with E-state index in [0.29, 0.717) is 12.0 Å². The molecule has 2 atom stereocenters. The van der Waals surface area contributed by atoms with Crippen molar-refractivity contribution in [3.8, 4) is 0 Å². The van der Waals surface area contributed by atoms with E-state index in [0.717, 1.165) is 19.5 Å². The minimum absolute atomic E-state index is 0.120. The SMILES string of the molecule is CC1CCNC1CN(C)CC(F)F. The van der Waals surface area contributed by atoms with E-state index in [1.54, 1.807) is 11.9 Å². The molecule has 2 nitrogen and oxygen atoms in total. The third-order valence-corrected chi connectivity index (χ3v) is 2.65. The third kappa shape index (κ3) is 3.56. The lowest BCUT2D eigenvalue weighted by Crippen LogP contribution is -2.39. The highest BCUT2D eigenvalue weighted by Crippen LogP contribution is 2.15. The molecule has 0 aliphatic carbocycles. The second-order valence-corrected chi connectivity index (χ2v) is 3.94. The van der Waals surface area contributed by atoms with Crippen LogP contribution in [-0.4, -0.2) is 44.0 Å². The molecule has 0 radical (unpaired) electrons. The van der Waals surface area contributed by atoms with Gasteiger partial charge in [0.15, 0.2) is 0 Å². The summed E-state index contributed by atoms with van der Waals surface area (Å²) in [5.41, 5.74) is 0. The number of halogens is 2. The van der Waals surface area contributed by atoms with Gasteiger partial charge < -0.3 is 5.32 Å². The Kier molecular flexibility index (Phi) is 4.06. The molecule has 1 rings (SSSR count). The highest BCUT2D eigenvalue weighted by Gasteiger charge is 2.24. The number of rotatable bonds is 4. The van der Waals surface area contributed by atoms with Crippen LogP contribution in [-0.2, 0) is 0 Å². The predicted molar refractivity (Wildman–Crippen MR) is 49.1 cm³/mol. The summed E-state index contributed by atoms with van der Waals surface area (Å²) in [6.07, 6.45) is -1.06. The standard InChI is InChI=1S/C9H18F2N2/c1-7-3-4-12-8(7)5-13(2)6-9(10)11/h7-9,12H,3-6H2,1-2H3. The first-order valence-electron chi connectivity index (χ1n) is 4.79. The monoisotopic (exact) mass is 192 g/mol. The molecule has 0 aromatic heterocycles. The molecule has 0 aromatic rings. The molecule has 0 saturated carbocycles. The van der Waals surface area contributed by atoms with Gasteiger partial charge in [-0.3, -0.25) is 4.90 Å². The van der Waals surface area contributed by atoms with Crippen LogP contribution in [0.1, 0.15) is 13.3 Å². The van der Waals surface area contributed by atoms with Gasteiger partial charge in [-0.2, -0.15) is 0 Å². The molecule has 0 aromatic carbocycles. The second kappa shape index (κ2) is 4.86. The van der Waals surface area contributed by atoms with Crippen molar-refractivity contribution in [1.29, 1.82) is 0 Å². The number of hydrogen-bond donors (Lipinski definition) is 1. The van der Waals surface area contributed by atoms with Crippen LogP contribution < -0.4 is 5.32 Å². The molecule has 1 aliphatic rings. The number of likely N-dealkylation sites (N-methyl/N-ethyl adjacent to an activating group) is 1. The van der Waals surface area contributed by atoms with E-state index < -0.39 is 6.43 Å². The Balaban J connectivity index is 2.22. The topological polar surface area (TPSA) is 15.3 Å². The molecule has 1 saturated heterocycles. The zero-order valence-corrected chi connectivity index (χ0v) is 8.26. The lowest BCUT2D eigenvalue weighted by molar-refractivity contribution is 0.0948. The zero-order chi connectivity index (χ0) is 9.84. The summed E-state index contributed by atoms with van der Waals surface area (Å²) >= 11 is 0. The largest absolute Gasteiger partial charge is 0.312 e. The molecular formula is C9H18F2N2. The fraction of sp³-hybridized carbons (Fsp3) is 1.00. The van der Waals surface area contributed by atoms with Crippen LogP contribution in [0.4, 0.5) is 8.78 Å². The van der Waals surface area contributed by atoms with E-state index in [9.17, 15) is 8.78 Å². The quantitative estimate of drug-likeness (QED) is 0.719. The van der Waals surface area contributed by atoms with Crippen LogP contribution >= 0.6 is 0 Å². The van der Waals surface area contributed by atoms with Crippen molar-refractivity contribution in [2.75, 3.05) is 26.7 Å². The minimum Gasteiger partial charge on any atom is -0.312 e. The zero-order valence-electron chi connectivity index (χ0n) is 8.26. The van der Waals surface area contributed by atoms with Gasteiger partial charge in [0.1, 0.15) is 0 Å². The van der Waals surface area contributed by atoms with Gasteiger partial charge in [0, 0.05) is 12.6 Å². The molecule has 13 heavy (non-hydrogen) atoms. The molecule has 78 valence electrons. The molecule has 4 heteroatoms. The van der Waals surface area contributed by atoms with Crippen molar-refractivity contribution < 1.29 is 8.78 Å². The van der Waals surface area contributed by atoms with Gasteiger partial charge in [-0.05, 0) is 25.9 Å². The number of hydrogen-bond acceptors (Lipinski definition) is 2. The highest BCUT2D eigenvalue weighted by molar-refractivity contribution is 4.82. The molecule has 1 N–H and O–H groups in total. The van der Waals surface area contributed by atoms with Crippen molar-refractivity contribution in [3.63, 3.8) is 0 Å². The van der Waals surface area contributed by atoms with Gasteiger partial charge >= 0.3 is 0 Å². The minimum atomic E-state index is -2.22. The van der Waals surface area contributed by atoms with E-state index in [-0.39, 0.29) is 6.54 Å². The Bertz CT molecular complexity index is 153. The van der Waals surface area contributed by atoms with Crippen LogP contribution in [0.2, 0.25) is 0 Å². The third-order valence-electron chi connectivity index (χ3n) is 2.65. The molecule has 0 spiro atoms. The van der Waals surface area contributed by atoms with E-state index in [1.165, 1.54) is 0 Å². The Morgan fingerprint density at radius 3 is 2.69 bits per heavy atom. The van der Waals surface area contributed by atoms with Gasteiger partial charge in [0.25, 0.3) is 6.43 Å². The van der Waals surface area contributed by atoms with Crippen molar-refractivity contribution in [3.05, 3.63) is 0 Å². The molecule has 0 bridgehead atoms. The summed E-state index contributed by atoms with van der Waals surface area (Å²) in [7, 11) is 1.75. The molecule has 1 aliphatic heterocycles. The maximum Gasteiger partial charge on any atom is 0.251 e. The molecular weight excluding hydrogens is 174 g/mol. The maximum atomic E-state index is 12.0. The fourth-order valence-electron chi connectivity index (χ4n) is 1.79. The normalized spacial score (nSPS) is 29.1. The van der Waals surface area contributed by atoms with E-state index in [1.807, 2.05) is 0 Å². The van der Waals surface area contributed by atoms with Crippen LogP contribution in [0.25, 0.3) is 0 Å². The van der Waals surface area contributed by atoms with Gasteiger partial charge in [-0.1, -0.05) is 6.92 Å². The van der Waals surface area contributed by atoms with Crippen molar-refractivity contribution >= 4 is 0 Å². The second-order valence-electron chi connectivity index (χ2n) is 3.94. The van der Waals surface area contributed by atoms with Crippen molar-refractivity contribution in [1.82, 2.24) is 10.2 Å². The number of nitrogens with one attached hydrogen (secondary N) is 1. The predicted octanol–water partition coefficient (Wildman–Crippen LogP) is 1.18. The van der Waals surface area contributed by atoms with Crippen LogP contribution in [0.3, 0.4) is 0 Å². The Morgan fingerprint density at radius 2 is 2.23 bits per heavy atom. The van der Waals surface area contributed by atoms with E-state index in [2.05, 4.69) is 12.2 Å². The molecule has 0 amide bonds. The Hall–Kier alpha value is -0.220. The molecule has 1 heterocycles. The maximum absolute atomic E-state index is 12.0. The summed E-state index contributed by atoms with van der Waals surface area (Å²) in [6, 6.07) is 0.392. The summed E-state index contributed by atoms with van der Waals surface area (Å²) in [4.78, 5) is 1.70. The van der Waals surface area contributed by atoms with Crippen LogP contribution in [0.5, 0.6) is 0 Å². The van der Waals surface area contributed by atoms with Crippen LogP contribution in [0.15, 0.2) is 0 Å². The van der Waals surface area contributed by atoms with E-state index in [4.69, 9.17) is 0 Å². The first-order chi connectivity index (χ1) is 6.09. The van der Waals surface area contributed by atoms with Crippen molar-refractivity contribution in [2.45, 2.75) is 25.8 Å². The van der Waals surface area contributed by atoms with Gasteiger partial charge in [-0.25, -0.2) is 8.78 Å². The smallest absolute Gasteiger partial charge is 0.251 e. The molecule has 1 fully saturated rings. The first kappa shape index (κ1) is 10.9. The van der Waals surface area contributed by atoms with Crippen molar-refractivity contribution in [2.24, 2.45) is 5.92 Å². The number of alkyl halides is 2. The van der Waals surface area contributed by atoms with Gasteiger partial charge in [-0.15, -0.1) is 0 Å². The lowest BCUT2D eigenvalue weighted by Gasteiger charge is -2.23. The summed E-state index contributed by atoms with van der Waals surface area (Å²) in [5.74, 6) is 0.611. The Morgan fingerprint density at radius 1 is 1.54 bits per heavy atom. The average Bonchev–Trinajstić information content (AvgIpc) is 2.34. The lowest BCUT2D eigenvalue weighted by atomic mass is 10.0. The molecule has 2 unspecified atom stereocenters. The van der Waals surface area contributed by atoms with E-state index >= 15 is 0 Å². The van der Waals surface area contributed by atoms with Gasteiger partial charge in [0.2, 0.25) is 0 Å². The number of nitrogens with zero attached hydrogens (tertiary/aromatic N) is 1. The fourth-order valence-corrected chi connectivity index (χ4v) is 1.79. The highest BCUT2D eigenvalue weighted by atomic mass is 19.3. The average molecular weight is 192 g/mol.